The summed E-state index contributed by atoms with van der Waals surface area (Å²) in [7, 11) is 3.57. The smallest absolute Gasteiger partial charge is 0.216 e. The number of halogens is 1. The molecule has 1 saturated heterocycles. The third kappa shape index (κ3) is 3.16. The van der Waals surface area contributed by atoms with Gasteiger partial charge in [-0.3, -0.25) is 4.90 Å². The van der Waals surface area contributed by atoms with Crippen molar-refractivity contribution in [1.82, 2.24) is 14.7 Å². The molecule has 6 heteroatoms. The average Bonchev–Trinajstić information content (AvgIpc) is 3.10. The number of aromatic nitrogens is 2. The lowest BCUT2D eigenvalue weighted by molar-refractivity contribution is 0.105. The molecule has 1 aromatic heterocycles. The number of methoxy groups -OCH3 is 1. The number of aryl methyl sites for hydroxylation is 2. The second-order valence-corrected chi connectivity index (χ2v) is 6.73. The van der Waals surface area contributed by atoms with Crippen LogP contribution in [0.1, 0.15) is 41.8 Å². The van der Waals surface area contributed by atoms with E-state index in [4.69, 9.17) is 16.3 Å². The normalized spacial score (nSPS) is 19.6. The quantitative estimate of drug-likeness (QED) is 0.900. The van der Waals surface area contributed by atoms with E-state index < -0.39 is 6.10 Å². The summed E-state index contributed by atoms with van der Waals surface area (Å²) in [5.74, 6) is 0.802. The Morgan fingerprint density at radius 3 is 2.88 bits per heavy atom. The van der Waals surface area contributed by atoms with Gasteiger partial charge in [-0.05, 0) is 32.4 Å². The highest BCUT2D eigenvalue weighted by atomic mass is 35.5. The van der Waals surface area contributed by atoms with E-state index in [1.54, 1.807) is 11.8 Å². The van der Waals surface area contributed by atoms with Crippen LogP contribution < -0.4 is 4.74 Å². The maximum Gasteiger partial charge on any atom is 0.216 e. The lowest BCUT2D eigenvalue weighted by Gasteiger charge is -2.27. The van der Waals surface area contributed by atoms with Gasteiger partial charge in [0.05, 0.1) is 24.5 Å². The summed E-state index contributed by atoms with van der Waals surface area (Å²) in [6, 6.07) is 7.69. The van der Waals surface area contributed by atoms with Gasteiger partial charge in [-0.15, -0.1) is 0 Å². The Bertz CT molecular complexity index is 716. The highest BCUT2D eigenvalue weighted by Crippen LogP contribution is 2.39. The van der Waals surface area contributed by atoms with Gasteiger partial charge in [-0.25, -0.2) is 4.68 Å². The zero-order chi connectivity index (χ0) is 17.3. The van der Waals surface area contributed by atoms with E-state index in [1.807, 2.05) is 38.2 Å². The first-order valence-corrected chi connectivity index (χ1v) is 8.64. The topological polar surface area (TPSA) is 50.5 Å². The van der Waals surface area contributed by atoms with Gasteiger partial charge in [-0.1, -0.05) is 29.8 Å². The summed E-state index contributed by atoms with van der Waals surface area (Å²) in [5, 5.41) is 15.8. The molecule has 2 atom stereocenters. The SMILES string of the molecule is COc1c([C@@H]2CCCN2C[C@H](O)c2ccccc2Cl)c(C)nn1C. The molecule has 5 nitrogen and oxygen atoms in total. The summed E-state index contributed by atoms with van der Waals surface area (Å²) in [4.78, 5) is 2.31. The van der Waals surface area contributed by atoms with Crippen LogP contribution in [0.2, 0.25) is 5.02 Å². The van der Waals surface area contributed by atoms with Crippen molar-refractivity contribution in [3.63, 3.8) is 0 Å². The maximum absolute atomic E-state index is 10.6. The summed E-state index contributed by atoms with van der Waals surface area (Å²) < 4.78 is 7.34. The van der Waals surface area contributed by atoms with Gasteiger partial charge >= 0.3 is 0 Å². The minimum atomic E-state index is -0.609. The number of aliphatic hydroxyl groups is 1. The first kappa shape index (κ1) is 17.3. The Hall–Kier alpha value is -1.56. The van der Waals surface area contributed by atoms with Gasteiger partial charge < -0.3 is 9.84 Å². The fraction of sp³-hybridized carbons (Fsp3) is 0.500. The molecule has 0 radical (unpaired) electrons. The molecule has 0 spiro atoms. The lowest BCUT2D eigenvalue weighted by atomic mass is 10.0. The first-order valence-electron chi connectivity index (χ1n) is 8.27. The highest BCUT2D eigenvalue weighted by molar-refractivity contribution is 6.31. The minimum Gasteiger partial charge on any atom is -0.481 e. The molecule has 2 aromatic rings. The Balaban J connectivity index is 1.83. The highest BCUT2D eigenvalue weighted by Gasteiger charge is 2.33. The molecule has 1 aliphatic rings. The number of nitrogens with zero attached hydrogens (tertiary/aromatic N) is 3. The van der Waals surface area contributed by atoms with E-state index >= 15 is 0 Å². The maximum atomic E-state index is 10.6. The average molecular weight is 350 g/mol. The fourth-order valence-corrected chi connectivity index (χ4v) is 3.98. The van der Waals surface area contributed by atoms with Crippen LogP contribution in [0, 0.1) is 6.92 Å². The molecular formula is C18H24ClN3O2. The fourth-order valence-electron chi connectivity index (χ4n) is 3.72. The molecule has 130 valence electrons. The molecule has 0 amide bonds. The van der Waals surface area contributed by atoms with Crippen LogP contribution in [0.5, 0.6) is 5.88 Å². The molecule has 24 heavy (non-hydrogen) atoms. The predicted molar refractivity (Wildman–Crippen MR) is 94.5 cm³/mol. The summed E-state index contributed by atoms with van der Waals surface area (Å²) >= 11 is 6.22. The van der Waals surface area contributed by atoms with Gasteiger partial charge in [0.1, 0.15) is 0 Å². The molecule has 0 bridgehead atoms. The van der Waals surface area contributed by atoms with E-state index in [9.17, 15) is 5.11 Å². The van der Waals surface area contributed by atoms with Crippen molar-refractivity contribution < 1.29 is 9.84 Å². The van der Waals surface area contributed by atoms with Crippen molar-refractivity contribution in [3.05, 3.63) is 46.1 Å². The number of hydrogen-bond acceptors (Lipinski definition) is 4. The molecule has 1 fully saturated rings. The molecule has 1 N–H and O–H groups in total. The standard InChI is InChI=1S/C18H24ClN3O2/c1-12-17(18(24-3)21(2)20-12)15-9-6-10-22(15)11-16(23)13-7-4-5-8-14(13)19/h4-5,7-8,15-16,23H,6,9-11H2,1-3H3/t15-,16-/m0/s1. The van der Waals surface area contributed by atoms with Crippen LogP contribution in [-0.4, -0.2) is 40.0 Å². The predicted octanol–water partition coefficient (Wildman–Crippen LogP) is 3.26. The van der Waals surface area contributed by atoms with Crippen molar-refractivity contribution in [1.29, 1.82) is 0 Å². The monoisotopic (exact) mass is 349 g/mol. The van der Waals surface area contributed by atoms with Crippen LogP contribution >= 0.6 is 11.6 Å². The Labute approximate surface area is 147 Å². The van der Waals surface area contributed by atoms with Gasteiger partial charge in [0.2, 0.25) is 5.88 Å². The van der Waals surface area contributed by atoms with Crippen LogP contribution in [0.15, 0.2) is 24.3 Å². The van der Waals surface area contributed by atoms with Gasteiger partial charge in [0.25, 0.3) is 0 Å². The molecule has 0 unspecified atom stereocenters. The van der Waals surface area contributed by atoms with E-state index in [0.717, 1.165) is 42.1 Å². The van der Waals surface area contributed by atoms with Crippen molar-refractivity contribution in [2.45, 2.75) is 31.9 Å². The number of likely N-dealkylation sites (tertiary alicyclic amines) is 1. The largest absolute Gasteiger partial charge is 0.481 e. The second-order valence-electron chi connectivity index (χ2n) is 6.32. The molecule has 0 saturated carbocycles. The van der Waals surface area contributed by atoms with Crippen LogP contribution in [0.25, 0.3) is 0 Å². The van der Waals surface area contributed by atoms with Crippen molar-refractivity contribution >= 4 is 11.6 Å². The molecule has 1 aliphatic heterocycles. The summed E-state index contributed by atoms with van der Waals surface area (Å²) in [6.07, 6.45) is 1.53. The third-order valence-electron chi connectivity index (χ3n) is 4.78. The van der Waals surface area contributed by atoms with Gasteiger partial charge in [-0.2, -0.15) is 5.10 Å². The van der Waals surface area contributed by atoms with Crippen LogP contribution in [0.3, 0.4) is 0 Å². The van der Waals surface area contributed by atoms with Crippen molar-refractivity contribution in [2.24, 2.45) is 7.05 Å². The first-order chi connectivity index (χ1) is 11.5. The summed E-state index contributed by atoms with van der Waals surface area (Å²) in [5.41, 5.74) is 2.89. The molecule has 1 aromatic carbocycles. The molecular weight excluding hydrogens is 326 g/mol. The van der Waals surface area contributed by atoms with E-state index in [2.05, 4.69) is 10.00 Å². The van der Waals surface area contributed by atoms with Crippen LogP contribution in [0.4, 0.5) is 0 Å². The van der Waals surface area contributed by atoms with Crippen molar-refractivity contribution in [3.8, 4) is 5.88 Å². The number of hydrogen-bond donors (Lipinski definition) is 1. The van der Waals surface area contributed by atoms with Gasteiger partial charge in [0, 0.05) is 30.2 Å². The number of aliphatic hydroxyl groups excluding tert-OH is 1. The number of ether oxygens (including phenoxy) is 1. The lowest BCUT2D eigenvalue weighted by Crippen LogP contribution is -2.29. The third-order valence-corrected chi connectivity index (χ3v) is 5.12. The minimum absolute atomic E-state index is 0.214. The molecule has 2 heterocycles. The Morgan fingerprint density at radius 2 is 2.17 bits per heavy atom. The molecule has 3 rings (SSSR count). The van der Waals surface area contributed by atoms with Crippen LogP contribution in [-0.2, 0) is 7.05 Å². The second kappa shape index (κ2) is 7.13. The number of β-amino-alcohol motifs (C(OH)–C–C–N with tert-alkyl or cyclic N) is 1. The van der Waals surface area contributed by atoms with Gasteiger partial charge in [0.15, 0.2) is 0 Å². The van der Waals surface area contributed by atoms with E-state index in [0.29, 0.717) is 11.6 Å². The number of rotatable bonds is 5. The number of benzene rings is 1. The zero-order valence-corrected chi connectivity index (χ0v) is 15.1. The Kier molecular flexibility index (Phi) is 5.13. The molecule has 0 aliphatic carbocycles. The zero-order valence-electron chi connectivity index (χ0n) is 14.4. The summed E-state index contributed by atoms with van der Waals surface area (Å²) in [6.45, 7) is 3.51. The van der Waals surface area contributed by atoms with E-state index in [-0.39, 0.29) is 6.04 Å². The van der Waals surface area contributed by atoms with E-state index in [1.165, 1.54) is 0 Å². The Morgan fingerprint density at radius 1 is 1.42 bits per heavy atom. The van der Waals surface area contributed by atoms with Crippen molar-refractivity contribution in [2.75, 3.05) is 20.2 Å².